The molecule has 0 bridgehead atoms. The minimum absolute atomic E-state index is 0. The Labute approximate surface area is 115 Å². The maximum atomic E-state index is 9.24. The van der Waals surface area contributed by atoms with Gasteiger partial charge >= 0.3 is 0 Å². The Morgan fingerprint density at radius 1 is 1.33 bits per heavy atom. The highest BCUT2D eigenvalue weighted by Gasteiger charge is 2.29. The molecule has 4 nitrogen and oxygen atoms in total. The summed E-state index contributed by atoms with van der Waals surface area (Å²) in [5.41, 5.74) is 7.32. The van der Waals surface area contributed by atoms with Crippen LogP contribution >= 0.6 is 12.4 Å². The van der Waals surface area contributed by atoms with Crippen molar-refractivity contribution in [3.63, 3.8) is 0 Å². The van der Waals surface area contributed by atoms with E-state index < -0.39 is 0 Å². The third-order valence-electron chi connectivity index (χ3n) is 3.44. The quantitative estimate of drug-likeness (QED) is 0.851. The predicted molar refractivity (Wildman–Crippen MR) is 74.8 cm³/mol. The van der Waals surface area contributed by atoms with Gasteiger partial charge in [-0.3, -0.25) is 0 Å². The minimum Gasteiger partial charge on any atom is -0.383 e. The summed E-state index contributed by atoms with van der Waals surface area (Å²) in [6, 6.07) is 2.59. The van der Waals surface area contributed by atoms with Crippen LogP contribution in [0.1, 0.15) is 63.8 Å². The number of hydrogen-bond acceptors (Lipinski definition) is 3. The van der Waals surface area contributed by atoms with Crippen LogP contribution in [-0.2, 0) is 5.41 Å². The molecule has 0 radical (unpaired) electrons. The summed E-state index contributed by atoms with van der Waals surface area (Å²) < 4.78 is 1.88. The normalized spacial score (nSPS) is 16.3. The van der Waals surface area contributed by atoms with Crippen molar-refractivity contribution in [3.8, 4) is 6.07 Å². The lowest BCUT2D eigenvalue weighted by Crippen LogP contribution is -2.15. The first-order valence-electron chi connectivity index (χ1n) is 6.23. The Bertz CT molecular complexity index is 459. The average molecular weight is 269 g/mol. The Morgan fingerprint density at radius 3 is 2.28 bits per heavy atom. The fraction of sp³-hybridized carbons (Fsp3) is 0.692. The zero-order valence-corrected chi connectivity index (χ0v) is 12.0. The summed E-state index contributed by atoms with van der Waals surface area (Å²) in [6.45, 7) is 6.19. The number of nitrogens with zero attached hydrogens (tertiary/aromatic N) is 3. The van der Waals surface area contributed by atoms with E-state index in [1.807, 2.05) is 4.68 Å². The fourth-order valence-electron chi connectivity index (χ4n) is 2.51. The molecular formula is C13H21ClN4. The van der Waals surface area contributed by atoms with E-state index in [0.717, 1.165) is 18.5 Å². The molecule has 1 aliphatic carbocycles. The third kappa shape index (κ3) is 2.46. The second-order valence-electron chi connectivity index (χ2n) is 5.85. The van der Waals surface area contributed by atoms with Crippen LogP contribution in [0.25, 0.3) is 0 Å². The molecular weight excluding hydrogens is 248 g/mol. The smallest absolute Gasteiger partial charge is 0.140 e. The molecule has 1 heterocycles. The van der Waals surface area contributed by atoms with E-state index >= 15 is 0 Å². The van der Waals surface area contributed by atoms with Gasteiger partial charge in [0.2, 0.25) is 0 Å². The molecule has 18 heavy (non-hydrogen) atoms. The first kappa shape index (κ1) is 14.8. The van der Waals surface area contributed by atoms with Crippen molar-refractivity contribution in [2.75, 3.05) is 5.73 Å². The zero-order valence-electron chi connectivity index (χ0n) is 11.2. The lowest BCUT2D eigenvalue weighted by atomic mass is 9.90. The lowest BCUT2D eigenvalue weighted by Gasteiger charge is -2.15. The average Bonchev–Trinajstić information content (AvgIpc) is 2.82. The van der Waals surface area contributed by atoms with E-state index in [2.05, 4.69) is 31.9 Å². The molecule has 1 aromatic heterocycles. The highest BCUT2D eigenvalue weighted by Crippen LogP contribution is 2.35. The van der Waals surface area contributed by atoms with E-state index in [9.17, 15) is 5.26 Å². The molecule has 1 aromatic rings. The summed E-state index contributed by atoms with van der Waals surface area (Å²) >= 11 is 0. The van der Waals surface area contributed by atoms with Crippen molar-refractivity contribution in [2.45, 2.75) is 57.9 Å². The highest BCUT2D eigenvalue weighted by molar-refractivity contribution is 5.85. The molecule has 0 atom stereocenters. The van der Waals surface area contributed by atoms with Gasteiger partial charge in [-0.15, -0.1) is 12.4 Å². The Hall–Kier alpha value is -1.21. The molecule has 100 valence electrons. The first-order valence-corrected chi connectivity index (χ1v) is 6.23. The number of rotatable bonds is 1. The van der Waals surface area contributed by atoms with Gasteiger partial charge in [0.15, 0.2) is 0 Å². The van der Waals surface area contributed by atoms with Crippen LogP contribution in [0.2, 0.25) is 0 Å². The monoisotopic (exact) mass is 268 g/mol. The van der Waals surface area contributed by atoms with E-state index in [1.54, 1.807) is 0 Å². The molecule has 1 fully saturated rings. The lowest BCUT2D eigenvalue weighted by molar-refractivity contribution is 0.454. The van der Waals surface area contributed by atoms with Crippen molar-refractivity contribution in [1.82, 2.24) is 9.78 Å². The van der Waals surface area contributed by atoms with Gasteiger partial charge in [-0.1, -0.05) is 33.6 Å². The van der Waals surface area contributed by atoms with Gasteiger partial charge in [0.1, 0.15) is 17.5 Å². The standard InChI is InChI=1S/C13H20N4.ClH/c1-13(2,3)11-10(8-14)12(15)17(16-11)9-6-4-5-7-9;/h9H,4-7,15H2,1-3H3;1H. The van der Waals surface area contributed by atoms with Crippen molar-refractivity contribution in [1.29, 1.82) is 5.26 Å². The molecule has 0 spiro atoms. The Balaban J connectivity index is 0.00000162. The topological polar surface area (TPSA) is 67.6 Å². The number of hydrogen-bond donors (Lipinski definition) is 1. The summed E-state index contributed by atoms with van der Waals surface area (Å²) in [6.07, 6.45) is 4.72. The largest absolute Gasteiger partial charge is 0.383 e. The molecule has 1 aliphatic rings. The molecule has 5 heteroatoms. The zero-order chi connectivity index (χ0) is 12.6. The van der Waals surface area contributed by atoms with Crippen LogP contribution in [0.3, 0.4) is 0 Å². The molecule has 1 saturated carbocycles. The summed E-state index contributed by atoms with van der Waals surface area (Å²) in [5, 5.41) is 13.8. The maximum Gasteiger partial charge on any atom is 0.140 e. The molecule has 2 rings (SSSR count). The van der Waals surface area contributed by atoms with Crippen molar-refractivity contribution in [3.05, 3.63) is 11.3 Å². The highest BCUT2D eigenvalue weighted by atomic mass is 35.5. The molecule has 0 aromatic carbocycles. The number of halogens is 1. The van der Waals surface area contributed by atoms with Gasteiger partial charge in [0.25, 0.3) is 0 Å². The number of nitrogens with two attached hydrogens (primary N) is 1. The number of aromatic nitrogens is 2. The number of nitriles is 1. The van der Waals surface area contributed by atoms with Crippen LogP contribution in [0.4, 0.5) is 5.82 Å². The Morgan fingerprint density at radius 2 is 1.89 bits per heavy atom. The van der Waals surface area contributed by atoms with E-state index in [0.29, 0.717) is 17.4 Å². The van der Waals surface area contributed by atoms with Crippen LogP contribution in [0, 0.1) is 11.3 Å². The van der Waals surface area contributed by atoms with Crippen LogP contribution in [0.15, 0.2) is 0 Å². The predicted octanol–water partition coefficient (Wildman–Crippen LogP) is 3.17. The van der Waals surface area contributed by atoms with Crippen molar-refractivity contribution in [2.24, 2.45) is 0 Å². The maximum absolute atomic E-state index is 9.24. The second kappa shape index (κ2) is 5.19. The first-order chi connectivity index (χ1) is 7.95. The molecule has 2 N–H and O–H groups in total. The van der Waals surface area contributed by atoms with E-state index in [4.69, 9.17) is 5.73 Å². The van der Waals surface area contributed by atoms with Gasteiger partial charge in [-0.05, 0) is 12.8 Å². The van der Waals surface area contributed by atoms with E-state index in [-0.39, 0.29) is 17.8 Å². The van der Waals surface area contributed by atoms with Crippen LogP contribution in [-0.4, -0.2) is 9.78 Å². The SMILES string of the molecule is CC(C)(C)c1nn(C2CCCC2)c(N)c1C#N.Cl. The van der Waals surface area contributed by atoms with Gasteiger partial charge in [-0.2, -0.15) is 10.4 Å². The van der Waals surface area contributed by atoms with Gasteiger partial charge < -0.3 is 5.73 Å². The molecule has 0 aliphatic heterocycles. The fourth-order valence-corrected chi connectivity index (χ4v) is 2.51. The number of anilines is 1. The molecule has 0 saturated heterocycles. The van der Waals surface area contributed by atoms with Crippen LogP contribution in [0.5, 0.6) is 0 Å². The molecule has 0 unspecified atom stereocenters. The summed E-state index contributed by atoms with van der Waals surface area (Å²) in [5.74, 6) is 0.546. The molecule has 0 amide bonds. The van der Waals surface area contributed by atoms with Crippen molar-refractivity contribution < 1.29 is 0 Å². The van der Waals surface area contributed by atoms with Gasteiger partial charge in [0.05, 0.1) is 11.7 Å². The number of nitrogen functional groups attached to an aromatic ring is 1. The second-order valence-corrected chi connectivity index (χ2v) is 5.85. The summed E-state index contributed by atoms with van der Waals surface area (Å²) in [4.78, 5) is 0. The third-order valence-corrected chi connectivity index (χ3v) is 3.44. The van der Waals surface area contributed by atoms with Crippen molar-refractivity contribution >= 4 is 18.2 Å². The minimum atomic E-state index is -0.136. The summed E-state index contributed by atoms with van der Waals surface area (Å²) in [7, 11) is 0. The van der Waals surface area contributed by atoms with Crippen LogP contribution < -0.4 is 5.73 Å². The van der Waals surface area contributed by atoms with Gasteiger partial charge in [-0.25, -0.2) is 4.68 Å². The van der Waals surface area contributed by atoms with E-state index in [1.165, 1.54) is 12.8 Å². The van der Waals surface area contributed by atoms with Gasteiger partial charge in [0, 0.05) is 5.41 Å². The Kier molecular flexibility index (Phi) is 4.28.